The number of carbonyl (C=O) groups is 10. The van der Waals surface area contributed by atoms with E-state index in [-0.39, 0.29) is 105 Å². The van der Waals surface area contributed by atoms with Crippen molar-refractivity contribution in [2.24, 2.45) is 28.3 Å². The van der Waals surface area contributed by atoms with E-state index in [0.717, 1.165) is 0 Å². The van der Waals surface area contributed by atoms with Gasteiger partial charge in [-0.25, -0.2) is 4.98 Å². The van der Waals surface area contributed by atoms with E-state index in [1.54, 1.807) is 45.2 Å². The van der Waals surface area contributed by atoms with Gasteiger partial charge in [0, 0.05) is 67.9 Å². The van der Waals surface area contributed by atoms with Crippen molar-refractivity contribution in [3.05, 3.63) is 84.1 Å². The van der Waals surface area contributed by atoms with Gasteiger partial charge >= 0.3 is 0 Å². The predicted octanol–water partition coefficient (Wildman–Crippen LogP) is -1.31. The third kappa shape index (κ3) is 19.0. The lowest BCUT2D eigenvalue weighted by Crippen LogP contribution is -2.60. The van der Waals surface area contributed by atoms with Crippen LogP contribution < -0.4 is 59.3 Å². The van der Waals surface area contributed by atoms with Crippen LogP contribution in [0, 0.1) is 11.8 Å². The number of hydrogen-bond acceptors (Lipinski definition) is 14. The molecule has 2 saturated heterocycles. The number of amides is 10. The first-order chi connectivity index (χ1) is 41.0. The van der Waals surface area contributed by atoms with Gasteiger partial charge in [0.15, 0.2) is 5.96 Å². The number of fused-ring (bicyclic) bond motifs is 1. The van der Waals surface area contributed by atoms with Crippen LogP contribution in [0.2, 0.25) is 0 Å². The monoisotopic (exact) mass is 1190 g/mol. The van der Waals surface area contributed by atoms with Gasteiger partial charge in [0.05, 0.1) is 12.9 Å². The number of aromatic nitrogens is 3. The number of para-hydroxylation sites is 1. The van der Waals surface area contributed by atoms with Crippen LogP contribution in [-0.2, 0) is 60.8 Å². The summed E-state index contributed by atoms with van der Waals surface area (Å²) in [4.78, 5) is 155. The number of H-pyrrole nitrogens is 2. The number of benzene rings is 2. The maximum absolute atomic E-state index is 14.7. The van der Waals surface area contributed by atoms with Crippen LogP contribution in [0.3, 0.4) is 0 Å². The molecule has 0 radical (unpaired) electrons. The van der Waals surface area contributed by atoms with Crippen LogP contribution in [-0.4, -0.2) is 170 Å². The molecule has 2 aromatic heterocycles. The second-order valence-corrected chi connectivity index (χ2v) is 22.4. The highest BCUT2D eigenvalue weighted by Gasteiger charge is 2.40. The number of hydrogen-bond donors (Lipinski definition) is 15. The Balaban J connectivity index is 1.22. The topological polar surface area (TPSA) is 432 Å². The van der Waals surface area contributed by atoms with E-state index < -0.39 is 108 Å². The van der Waals surface area contributed by atoms with Gasteiger partial charge in [0.1, 0.15) is 60.1 Å². The summed E-state index contributed by atoms with van der Waals surface area (Å²) in [6, 6.07) is 0.793. The first-order valence-electron chi connectivity index (χ1n) is 29.0. The number of aromatic amines is 2. The molecule has 466 valence electrons. The average Bonchev–Trinajstić information content (AvgIpc) is 3.92. The minimum Gasteiger partial charge on any atom is -0.508 e. The van der Waals surface area contributed by atoms with E-state index in [1.165, 1.54) is 41.7 Å². The highest BCUT2D eigenvalue weighted by Crippen LogP contribution is 2.23. The number of nitrogens with one attached hydrogen (secondary N) is 11. The standard InChI is InChI=1S/C58H82N16O12/c1-6-62-55(84)46-14-10-22-74(46)57(86)40(13-9-21-63-58(59)60)67-50(79)41(23-31(2)3)68-51(80)42(24-32(4)5)71-56(85)48(33-15-17-36(76)18-16-33)73-54(83)45(29-75)72-52(81)43(25-34-27-64-38-12-8-7-11-37(34)38)69-53(82)44(26-35-28-61-30-65-35)70-49(78)39-19-20-47(77)66-39/h7-8,11-12,15-18,27-28,30-32,39-46,48,64,75-76H,6,9-10,13-14,19-26,29H2,1-5H3,(H,61,65)(H,62,84)(H,66,77)(H,67,79)(H,68,80)(H,69,82)(H,70,78)(H,71,85)(H,72,81)(H,73,83)(H4,59,60,63)/t39-,40-,41-,42+,43-,44-,45-,46?,48-/m0/s1. The Labute approximate surface area is 497 Å². The van der Waals surface area contributed by atoms with Gasteiger partial charge < -0.3 is 84.4 Å². The molecule has 2 aliphatic heterocycles. The molecular formula is C58H82N16O12. The van der Waals surface area contributed by atoms with Crippen molar-refractivity contribution in [1.29, 1.82) is 0 Å². The van der Waals surface area contributed by atoms with E-state index in [2.05, 4.69) is 67.8 Å². The van der Waals surface area contributed by atoms with Gasteiger partial charge in [0.2, 0.25) is 59.1 Å². The van der Waals surface area contributed by atoms with Gasteiger partial charge in [-0.05, 0) is 93.0 Å². The summed E-state index contributed by atoms with van der Waals surface area (Å²) in [6.07, 6.45) is 5.98. The largest absolute Gasteiger partial charge is 0.508 e. The number of aliphatic hydroxyl groups is 1. The number of likely N-dealkylation sites (tertiary alicyclic amines) is 1. The Morgan fingerprint density at radius 1 is 0.721 bits per heavy atom. The van der Waals surface area contributed by atoms with Crippen LogP contribution in [0.15, 0.2) is 72.2 Å². The lowest BCUT2D eigenvalue weighted by atomic mass is 9.98. The number of aliphatic imine (C=N–C) groups is 1. The van der Waals surface area contributed by atoms with Gasteiger partial charge in [-0.1, -0.05) is 58.0 Å². The van der Waals surface area contributed by atoms with Crippen LogP contribution in [0.4, 0.5) is 0 Å². The predicted molar refractivity (Wildman–Crippen MR) is 315 cm³/mol. The lowest BCUT2D eigenvalue weighted by Gasteiger charge is -2.31. The van der Waals surface area contributed by atoms with E-state index in [0.29, 0.717) is 41.5 Å². The SMILES string of the molecule is CCNC(=O)C1CCCN1C(=O)[C@H](CCCN=C(N)N)NC(=O)[C@H](CC(C)C)NC(=O)[C@@H](CC(C)C)NC(=O)[C@@H](NC(=O)[C@H](CO)NC(=O)[C@H](Cc1c[nH]c2ccccc12)NC(=O)[C@H](Cc1cnc[nH]1)NC(=O)[C@@H]1CCC(=O)N1)c1ccc(O)cc1. The Bertz CT molecular complexity index is 3040. The summed E-state index contributed by atoms with van der Waals surface area (Å²) in [5.41, 5.74) is 12.9. The summed E-state index contributed by atoms with van der Waals surface area (Å²) in [5, 5.41) is 45.8. The summed E-state index contributed by atoms with van der Waals surface area (Å²) in [7, 11) is 0. The van der Waals surface area contributed by atoms with E-state index in [4.69, 9.17) is 11.5 Å². The van der Waals surface area contributed by atoms with Crippen molar-refractivity contribution >= 4 is 75.9 Å². The fourth-order valence-electron chi connectivity index (χ4n) is 10.3. The number of phenolic OH excluding ortho intramolecular Hbond substituents is 1. The van der Waals surface area contributed by atoms with Crippen molar-refractivity contribution in [1.82, 2.24) is 67.7 Å². The molecule has 10 amide bonds. The molecule has 2 aromatic carbocycles. The molecule has 0 bridgehead atoms. The van der Waals surface area contributed by atoms with Crippen LogP contribution in [0.25, 0.3) is 10.9 Å². The van der Waals surface area contributed by atoms with E-state index >= 15 is 0 Å². The zero-order valence-electron chi connectivity index (χ0n) is 49.1. The number of carbonyl (C=O) groups excluding carboxylic acids is 10. The second kappa shape index (κ2) is 31.7. The zero-order chi connectivity index (χ0) is 62.6. The molecular weight excluding hydrogens is 1110 g/mol. The van der Waals surface area contributed by atoms with Crippen molar-refractivity contribution in [3.63, 3.8) is 0 Å². The van der Waals surface area contributed by atoms with E-state index in [1.807, 2.05) is 19.9 Å². The van der Waals surface area contributed by atoms with Gasteiger partial charge in [-0.3, -0.25) is 52.9 Å². The number of imidazole rings is 1. The smallest absolute Gasteiger partial charge is 0.247 e. The molecule has 0 aliphatic carbocycles. The maximum Gasteiger partial charge on any atom is 0.247 e. The minimum atomic E-state index is -1.78. The number of nitrogens with two attached hydrogens (primary N) is 2. The summed E-state index contributed by atoms with van der Waals surface area (Å²) >= 11 is 0. The Hall–Kier alpha value is -9.08. The maximum atomic E-state index is 14.7. The second-order valence-electron chi connectivity index (χ2n) is 22.4. The molecule has 17 N–H and O–H groups in total. The quantitative estimate of drug-likeness (QED) is 0.0158. The van der Waals surface area contributed by atoms with Crippen LogP contribution in [0.1, 0.15) is 109 Å². The Morgan fingerprint density at radius 3 is 1.93 bits per heavy atom. The van der Waals surface area contributed by atoms with Crippen molar-refractivity contribution in [3.8, 4) is 5.75 Å². The molecule has 28 nitrogen and oxygen atoms in total. The fourth-order valence-corrected chi connectivity index (χ4v) is 10.3. The average molecular weight is 1200 g/mol. The number of aromatic hydroxyl groups is 1. The van der Waals surface area contributed by atoms with Gasteiger partial charge in [0.25, 0.3) is 0 Å². The summed E-state index contributed by atoms with van der Waals surface area (Å²) in [6.45, 7) is 8.76. The van der Waals surface area contributed by atoms with Crippen LogP contribution >= 0.6 is 0 Å². The number of likely N-dealkylation sites (N-methyl/N-ethyl adjacent to an activating group) is 1. The number of guanidine groups is 1. The highest BCUT2D eigenvalue weighted by atomic mass is 16.3. The number of rotatable bonds is 31. The molecule has 86 heavy (non-hydrogen) atoms. The number of nitrogens with zero attached hydrogens (tertiary/aromatic N) is 3. The third-order valence-corrected chi connectivity index (χ3v) is 14.7. The first kappa shape index (κ1) is 66.1. The molecule has 9 atom stereocenters. The third-order valence-electron chi connectivity index (χ3n) is 14.7. The molecule has 2 aliphatic rings. The van der Waals surface area contributed by atoms with Crippen LogP contribution in [0.5, 0.6) is 5.75 Å². The molecule has 4 heterocycles. The van der Waals surface area contributed by atoms with Crippen molar-refractivity contribution in [2.75, 3.05) is 26.2 Å². The molecule has 0 saturated carbocycles. The molecule has 28 heteroatoms. The minimum absolute atomic E-state index is 0.0222. The summed E-state index contributed by atoms with van der Waals surface area (Å²) in [5.74, 6) is -7.83. The molecule has 2 fully saturated rings. The molecule has 1 unspecified atom stereocenters. The first-order valence-corrected chi connectivity index (χ1v) is 29.0. The lowest BCUT2D eigenvalue weighted by molar-refractivity contribution is -0.142. The van der Waals surface area contributed by atoms with Crippen molar-refractivity contribution in [2.45, 2.75) is 153 Å². The summed E-state index contributed by atoms with van der Waals surface area (Å²) < 4.78 is 0. The fraction of sp³-hybridized carbons (Fsp3) is 0.517. The normalized spacial score (nSPS) is 17.2. The van der Waals surface area contributed by atoms with Crippen molar-refractivity contribution < 1.29 is 58.2 Å². The van der Waals surface area contributed by atoms with E-state index in [9.17, 15) is 58.2 Å². The Morgan fingerprint density at radius 2 is 1.33 bits per heavy atom. The van der Waals surface area contributed by atoms with Gasteiger partial charge in [-0.2, -0.15) is 0 Å². The molecule has 0 spiro atoms. The Kier molecular flexibility index (Phi) is 24.4. The molecule has 6 rings (SSSR count). The number of phenols is 1. The molecule has 4 aromatic rings. The number of aliphatic hydroxyl groups excluding tert-OH is 1. The van der Waals surface area contributed by atoms with Gasteiger partial charge in [-0.15, -0.1) is 0 Å². The zero-order valence-corrected chi connectivity index (χ0v) is 49.1. The highest BCUT2D eigenvalue weighted by molar-refractivity contribution is 5.99.